The van der Waals surface area contributed by atoms with Crippen LogP contribution in [0.1, 0.15) is 13.8 Å². The van der Waals surface area contributed by atoms with Crippen LogP contribution in [0, 0.1) is 0 Å². The number of aliphatic hydroxyl groups is 1. The van der Waals surface area contributed by atoms with Gasteiger partial charge in [0.2, 0.25) is 12.2 Å². The summed E-state index contributed by atoms with van der Waals surface area (Å²) in [5.41, 5.74) is 0.660. The van der Waals surface area contributed by atoms with Gasteiger partial charge < -0.3 is 24.6 Å². The average molecular weight is 321 g/mol. The van der Waals surface area contributed by atoms with Crippen molar-refractivity contribution in [1.29, 1.82) is 0 Å². The van der Waals surface area contributed by atoms with E-state index in [-0.39, 0.29) is 12.5 Å². The van der Waals surface area contributed by atoms with Gasteiger partial charge in [0.25, 0.3) is 0 Å². The minimum Gasteiger partial charge on any atom is -0.463 e. The zero-order valence-electron chi connectivity index (χ0n) is 12.9. The van der Waals surface area contributed by atoms with Crippen LogP contribution in [0.15, 0.2) is 36.4 Å². The summed E-state index contributed by atoms with van der Waals surface area (Å²) in [4.78, 5) is 21.8. The Balaban J connectivity index is 1.93. The molecule has 1 aliphatic rings. The normalized spacial score (nSPS) is 23.2. The molecule has 0 fully saturated rings. The molecular weight excluding hydrogens is 302 g/mol. The lowest BCUT2D eigenvalue weighted by Gasteiger charge is -2.29. The molecule has 1 unspecified atom stereocenters. The highest BCUT2D eigenvalue weighted by Gasteiger charge is 2.27. The molecule has 2 N–H and O–H groups in total. The first-order valence-electron chi connectivity index (χ1n) is 7.13. The van der Waals surface area contributed by atoms with E-state index in [1.807, 2.05) is 0 Å². The highest BCUT2D eigenvalue weighted by atomic mass is 16.7. The molecule has 2 rings (SSSR count). The molecule has 7 heteroatoms. The molecule has 23 heavy (non-hydrogen) atoms. The van der Waals surface area contributed by atoms with E-state index in [4.69, 9.17) is 14.2 Å². The van der Waals surface area contributed by atoms with E-state index in [2.05, 4.69) is 5.32 Å². The summed E-state index contributed by atoms with van der Waals surface area (Å²) in [6, 6.07) is 6.78. The van der Waals surface area contributed by atoms with Crippen molar-refractivity contribution in [3.05, 3.63) is 36.4 Å². The minimum atomic E-state index is -0.864. The Labute approximate surface area is 133 Å². The summed E-state index contributed by atoms with van der Waals surface area (Å²) in [5, 5.41) is 12.4. The Morgan fingerprint density at radius 1 is 1.22 bits per heavy atom. The summed E-state index contributed by atoms with van der Waals surface area (Å²) in [7, 11) is 0. The van der Waals surface area contributed by atoms with Crippen molar-refractivity contribution in [2.45, 2.75) is 32.3 Å². The fourth-order valence-electron chi connectivity index (χ4n) is 1.99. The standard InChI is InChI=1S/C16H19NO6/c1-10(18)17-12-3-5-13(6-4-12)22-16-8-7-14(20)15(23-16)9-21-11(2)19/h3-8,14-16,20H,9H2,1-2H3,(H,17,18)/t14-,15?,16-/m0/s1. The van der Waals surface area contributed by atoms with Crippen LogP contribution in [0.2, 0.25) is 0 Å². The molecule has 124 valence electrons. The fraction of sp³-hybridized carbons (Fsp3) is 0.375. The number of nitrogens with one attached hydrogen (secondary N) is 1. The number of amides is 1. The van der Waals surface area contributed by atoms with Gasteiger partial charge in [0, 0.05) is 19.5 Å². The van der Waals surface area contributed by atoms with Crippen molar-refractivity contribution in [2.24, 2.45) is 0 Å². The number of benzene rings is 1. The maximum absolute atomic E-state index is 11.0. The highest BCUT2D eigenvalue weighted by molar-refractivity contribution is 5.88. The molecule has 3 atom stereocenters. The van der Waals surface area contributed by atoms with Gasteiger partial charge in [-0.15, -0.1) is 0 Å². The van der Waals surface area contributed by atoms with Crippen molar-refractivity contribution in [3.63, 3.8) is 0 Å². The Morgan fingerprint density at radius 2 is 1.91 bits per heavy atom. The second kappa shape index (κ2) is 7.75. The number of carbonyl (C=O) groups is 2. The first-order chi connectivity index (χ1) is 10.9. The first kappa shape index (κ1) is 17.0. The summed E-state index contributed by atoms with van der Waals surface area (Å²) < 4.78 is 16.0. The molecule has 0 saturated heterocycles. The number of anilines is 1. The van der Waals surface area contributed by atoms with Crippen LogP contribution >= 0.6 is 0 Å². The van der Waals surface area contributed by atoms with E-state index in [9.17, 15) is 14.7 Å². The Hall–Kier alpha value is -2.38. The maximum Gasteiger partial charge on any atom is 0.302 e. The molecular formula is C16H19NO6. The molecule has 1 heterocycles. The highest BCUT2D eigenvalue weighted by Crippen LogP contribution is 2.21. The summed E-state index contributed by atoms with van der Waals surface area (Å²) in [6.07, 6.45) is 0.861. The van der Waals surface area contributed by atoms with Crippen LogP contribution in [0.4, 0.5) is 5.69 Å². The Kier molecular flexibility index (Phi) is 5.72. The van der Waals surface area contributed by atoms with E-state index in [0.29, 0.717) is 11.4 Å². The van der Waals surface area contributed by atoms with E-state index < -0.39 is 24.5 Å². The van der Waals surface area contributed by atoms with E-state index in [1.165, 1.54) is 19.9 Å². The number of esters is 1. The molecule has 7 nitrogen and oxygen atoms in total. The number of hydrogen-bond acceptors (Lipinski definition) is 6. The van der Waals surface area contributed by atoms with Gasteiger partial charge in [-0.25, -0.2) is 0 Å². The lowest BCUT2D eigenvalue weighted by Crippen LogP contribution is -2.40. The zero-order chi connectivity index (χ0) is 16.8. The number of hydrogen-bond donors (Lipinski definition) is 2. The van der Waals surface area contributed by atoms with Crippen molar-refractivity contribution >= 4 is 17.6 Å². The van der Waals surface area contributed by atoms with Gasteiger partial charge in [0.15, 0.2) is 0 Å². The van der Waals surface area contributed by atoms with Gasteiger partial charge in [0.1, 0.15) is 24.6 Å². The van der Waals surface area contributed by atoms with Crippen molar-refractivity contribution in [3.8, 4) is 5.75 Å². The molecule has 0 spiro atoms. The van der Waals surface area contributed by atoms with Crippen molar-refractivity contribution in [2.75, 3.05) is 11.9 Å². The minimum absolute atomic E-state index is 0.0534. The lowest BCUT2D eigenvalue weighted by atomic mass is 10.1. The van der Waals surface area contributed by atoms with E-state index in [1.54, 1.807) is 30.3 Å². The van der Waals surface area contributed by atoms with Gasteiger partial charge in [-0.1, -0.05) is 6.08 Å². The molecule has 1 aliphatic heterocycles. The molecule has 1 aromatic carbocycles. The second-order valence-corrected chi connectivity index (χ2v) is 5.04. The molecule has 0 radical (unpaired) electrons. The number of aliphatic hydroxyl groups excluding tert-OH is 1. The van der Waals surface area contributed by atoms with Gasteiger partial charge in [0.05, 0.1) is 0 Å². The average Bonchev–Trinajstić information content (AvgIpc) is 2.49. The smallest absolute Gasteiger partial charge is 0.302 e. The molecule has 0 saturated carbocycles. The summed E-state index contributed by atoms with van der Waals surface area (Å²) in [5.74, 6) is -0.0581. The van der Waals surface area contributed by atoms with Crippen molar-refractivity contribution in [1.82, 2.24) is 0 Å². The largest absolute Gasteiger partial charge is 0.463 e. The predicted molar refractivity (Wildman–Crippen MR) is 81.8 cm³/mol. The topological polar surface area (TPSA) is 94.1 Å². The monoisotopic (exact) mass is 321 g/mol. The van der Waals surface area contributed by atoms with Crippen LogP contribution in [0.25, 0.3) is 0 Å². The number of rotatable bonds is 5. The van der Waals surface area contributed by atoms with E-state index >= 15 is 0 Å². The first-order valence-corrected chi connectivity index (χ1v) is 7.13. The van der Waals surface area contributed by atoms with Crippen LogP contribution in [-0.2, 0) is 19.1 Å². The van der Waals surface area contributed by atoms with Crippen LogP contribution in [0.5, 0.6) is 5.75 Å². The van der Waals surface area contributed by atoms with E-state index in [0.717, 1.165) is 0 Å². The maximum atomic E-state index is 11.0. The molecule has 1 amide bonds. The summed E-state index contributed by atoms with van der Waals surface area (Å²) in [6.45, 7) is 2.66. The third-order valence-electron chi connectivity index (χ3n) is 3.03. The van der Waals surface area contributed by atoms with Gasteiger partial charge >= 0.3 is 5.97 Å². The third kappa shape index (κ3) is 5.39. The molecule has 0 bridgehead atoms. The number of ether oxygens (including phenoxy) is 3. The molecule has 1 aromatic rings. The van der Waals surface area contributed by atoms with Crippen LogP contribution < -0.4 is 10.1 Å². The van der Waals surface area contributed by atoms with Gasteiger partial charge in [-0.3, -0.25) is 9.59 Å². The van der Waals surface area contributed by atoms with Gasteiger partial charge in [-0.2, -0.15) is 0 Å². The zero-order valence-corrected chi connectivity index (χ0v) is 12.9. The predicted octanol–water partition coefficient (Wildman–Crippen LogP) is 1.23. The third-order valence-corrected chi connectivity index (χ3v) is 3.03. The Morgan fingerprint density at radius 3 is 2.52 bits per heavy atom. The lowest BCUT2D eigenvalue weighted by molar-refractivity contribution is -0.165. The second-order valence-electron chi connectivity index (χ2n) is 5.04. The molecule has 0 aromatic heterocycles. The quantitative estimate of drug-likeness (QED) is 0.626. The van der Waals surface area contributed by atoms with Crippen LogP contribution in [-0.4, -0.2) is 42.1 Å². The number of carbonyl (C=O) groups excluding carboxylic acids is 2. The Bertz CT molecular complexity index is 583. The fourth-order valence-corrected chi connectivity index (χ4v) is 1.99. The SMILES string of the molecule is CC(=O)Nc1ccc(O[C@@H]2C=C[C@H](O)C(COC(C)=O)O2)cc1. The summed E-state index contributed by atoms with van der Waals surface area (Å²) >= 11 is 0. The van der Waals surface area contributed by atoms with Gasteiger partial charge in [-0.05, 0) is 30.3 Å². The molecule has 0 aliphatic carbocycles. The van der Waals surface area contributed by atoms with Crippen molar-refractivity contribution < 1.29 is 28.9 Å². The van der Waals surface area contributed by atoms with Crippen LogP contribution in [0.3, 0.4) is 0 Å².